The van der Waals surface area contributed by atoms with Crippen molar-refractivity contribution in [1.82, 2.24) is 9.21 Å². The lowest BCUT2D eigenvalue weighted by Gasteiger charge is -2.21. The van der Waals surface area contributed by atoms with Gasteiger partial charge in [0.15, 0.2) is 0 Å². The predicted octanol–water partition coefficient (Wildman–Crippen LogP) is 0.594. The lowest BCUT2D eigenvalue weighted by Crippen LogP contribution is -2.38. The third-order valence-electron chi connectivity index (χ3n) is 3.01. The molecule has 112 valence electrons. The van der Waals surface area contributed by atoms with Crippen molar-refractivity contribution in [3.05, 3.63) is 23.3 Å². The van der Waals surface area contributed by atoms with Crippen molar-refractivity contribution in [2.24, 2.45) is 0 Å². The van der Waals surface area contributed by atoms with Crippen LogP contribution in [0.1, 0.15) is 11.1 Å². The summed E-state index contributed by atoms with van der Waals surface area (Å²) in [5, 5.41) is 0. The van der Waals surface area contributed by atoms with Crippen molar-refractivity contribution in [3.63, 3.8) is 0 Å². The average molecular weight is 299 g/mol. The van der Waals surface area contributed by atoms with Crippen LogP contribution in [0.5, 0.6) is 0 Å². The second-order valence-corrected chi connectivity index (χ2v) is 7.01. The Morgan fingerprint density at radius 1 is 1.15 bits per heavy atom. The van der Waals surface area contributed by atoms with E-state index in [1.165, 1.54) is 11.9 Å². The monoisotopic (exact) mass is 299 g/mol. The number of rotatable bonds is 4. The normalized spacial score (nSPS) is 11.7. The predicted molar refractivity (Wildman–Crippen MR) is 78.8 cm³/mol. The number of hydrogen-bond acceptors (Lipinski definition) is 4. The van der Waals surface area contributed by atoms with Crippen molar-refractivity contribution < 1.29 is 13.2 Å². The van der Waals surface area contributed by atoms with Crippen molar-refractivity contribution in [2.45, 2.75) is 18.7 Å². The molecule has 20 heavy (non-hydrogen) atoms. The quantitative estimate of drug-likeness (QED) is 0.825. The summed E-state index contributed by atoms with van der Waals surface area (Å²) >= 11 is 0. The Morgan fingerprint density at radius 2 is 1.60 bits per heavy atom. The molecule has 0 saturated heterocycles. The van der Waals surface area contributed by atoms with E-state index in [0.29, 0.717) is 16.8 Å². The molecular formula is C13H21N3O3S. The number of sulfonamides is 1. The van der Waals surface area contributed by atoms with Crippen LogP contribution in [-0.4, -0.2) is 51.2 Å². The number of aryl methyl sites for hydroxylation is 2. The number of nitrogens with two attached hydrogens (primary N) is 1. The summed E-state index contributed by atoms with van der Waals surface area (Å²) in [6.07, 6.45) is 0. The molecule has 1 rings (SSSR count). The Bertz CT molecular complexity index is 601. The molecule has 0 spiro atoms. The third kappa shape index (κ3) is 3.29. The lowest BCUT2D eigenvalue weighted by molar-refractivity contribution is -0.128. The zero-order chi connectivity index (χ0) is 15.7. The van der Waals surface area contributed by atoms with Gasteiger partial charge in [-0.3, -0.25) is 4.79 Å². The Kier molecular flexibility index (Phi) is 4.77. The second kappa shape index (κ2) is 5.80. The van der Waals surface area contributed by atoms with E-state index in [9.17, 15) is 13.2 Å². The molecule has 1 amide bonds. The Labute approximate surface area is 120 Å². The van der Waals surface area contributed by atoms with E-state index in [0.717, 1.165) is 4.31 Å². The van der Waals surface area contributed by atoms with E-state index in [-0.39, 0.29) is 17.3 Å². The van der Waals surface area contributed by atoms with Crippen molar-refractivity contribution in [2.75, 3.05) is 33.4 Å². The number of likely N-dealkylation sites (N-methyl/N-ethyl adjacent to an activating group) is 2. The van der Waals surface area contributed by atoms with Crippen LogP contribution in [0.4, 0.5) is 5.69 Å². The zero-order valence-electron chi connectivity index (χ0n) is 12.5. The van der Waals surface area contributed by atoms with Gasteiger partial charge in [0.05, 0.1) is 11.4 Å². The summed E-state index contributed by atoms with van der Waals surface area (Å²) < 4.78 is 26.2. The number of hydrogen-bond donors (Lipinski definition) is 1. The summed E-state index contributed by atoms with van der Waals surface area (Å²) in [4.78, 5) is 13.2. The average Bonchev–Trinajstić information content (AvgIpc) is 2.26. The molecule has 0 aromatic heterocycles. The fourth-order valence-electron chi connectivity index (χ4n) is 1.96. The van der Waals surface area contributed by atoms with Crippen LogP contribution in [0.2, 0.25) is 0 Å². The van der Waals surface area contributed by atoms with Crippen LogP contribution in [0.15, 0.2) is 17.0 Å². The van der Waals surface area contributed by atoms with Crippen molar-refractivity contribution in [3.8, 4) is 0 Å². The molecule has 0 aliphatic rings. The molecule has 0 radical (unpaired) electrons. The van der Waals surface area contributed by atoms with Gasteiger partial charge in [0.25, 0.3) is 0 Å². The second-order valence-electron chi connectivity index (χ2n) is 5.03. The number of nitrogen functional groups attached to an aromatic ring is 1. The molecule has 7 heteroatoms. The van der Waals surface area contributed by atoms with Gasteiger partial charge in [-0.2, -0.15) is 4.31 Å². The first-order valence-electron chi connectivity index (χ1n) is 6.10. The fourth-order valence-corrected chi connectivity index (χ4v) is 3.49. The van der Waals surface area contributed by atoms with E-state index in [4.69, 9.17) is 5.73 Å². The number of carbonyl (C=O) groups excluding carboxylic acids is 1. The minimum absolute atomic E-state index is 0.196. The Hall–Kier alpha value is -1.60. The van der Waals surface area contributed by atoms with E-state index in [1.807, 2.05) is 0 Å². The van der Waals surface area contributed by atoms with Gasteiger partial charge < -0.3 is 10.6 Å². The first-order chi connectivity index (χ1) is 9.07. The maximum Gasteiger partial charge on any atom is 0.243 e. The molecule has 1 aromatic rings. The van der Waals surface area contributed by atoms with Gasteiger partial charge in [-0.25, -0.2) is 8.42 Å². The van der Waals surface area contributed by atoms with Crippen molar-refractivity contribution >= 4 is 21.6 Å². The van der Waals surface area contributed by atoms with Crippen LogP contribution in [0, 0.1) is 13.8 Å². The van der Waals surface area contributed by atoms with Crippen LogP contribution in [0.25, 0.3) is 0 Å². The van der Waals surface area contributed by atoms with Crippen LogP contribution < -0.4 is 5.73 Å². The molecule has 0 fully saturated rings. The molecule has 0 aliphatic carbocycles. The maximum absolute atomic E-state index is 12.6. The molecule has 0 unspecified atom stereocenters. The van der Waals surface area contributed by atoms with Gasteiger partial charge in [-0.1, -0.05) is 0 Å². The Balaban J connectivity index is 3.21. The topological polar surface area (TPSA) is 83.7 Å². The summed E-state index contributed by atoms with van der Waals surface area (Å²) in [7, 11) is 0.851. The molecule has 0 bridgehead atoms. The zero-order valence-corrected chi connectivity index (χ0v) is 13.3. The molecule has 6 nitrogen and oxygen atoms in total. The molecular weight excluding hydrogens is 278 g/mol. The number of benzene rings is 1. The van der Waals surface area contributed by atoms with Gasteiger partial charge >= 0.3 is 0 Å². The number of amides is 1. The highest BCUT2D eigenvalue weighted by Gasteiger charge is 2.27. The van der Waals surface area contributed by atoms with Gasteiger partial charge in [0, 0.05) is 26.8 Å². The van der Waals surface area contributed by atoms with Gasteiger partial charge in [0.1, 0.15) is 0 Å². The standard InChI is InChI=1S/C13H21N3O3S/c1-9-6-11(14)7-10(2)13(9)20(18,19)16(5)8-12(17)15(3)4/h6-7H,8,14H2,1-5H3. The first-order valence-corrected chi connectivity index (χ1v) is 7.54. The summed E-state index contributed by atoms with van der Waals surface area (Å²) in [5.41, 5.74) is 7.37. The molecule has 0 atom stereocenters. The summed E-state index contributed by atoms with van der Waals surface area (Å²) in [5.74, 6) is -0.276. The highest BCUT2D eigenvalue weighted by Crippen LogP contribution is 2.25. The molecule has 0 aliphatic heterocycles. The van der Waals surface area contributed by atoms with Gasteiger partial charge in [-0.05, 0) is 37.1 Å². The molecule has 1 aromatic carbocycles. The van der Waals surface area contributed by atoms with Crippen molar-refractivity contribution in [1.29, 1.82) is 0 Å². The molecule has 0 saturated carbocycles. The summed E-state index contributed by atoms with van der Waals surface area (Å²) in [6.45, 7) is 3.19. The smallest absolute Gasteiger partial charge is 0.243 e. The first kappa shape index (κ1) is 16.5. The highest BCUT2D eigenvalue weighted by atomic mass is 32.2. The third-order valence-corrected chi connectivity index (χ3v) is 5.12. The largest absolute Gasteiger partial charge is 0.399 e. The lowest BCUT2D eigenvalue weighted by atomic mass is 10.1. The molecule has 0 heterocycles. The maximum atomic E-state index is 12.6. The van der Waals surface area contributed by atoms with Gasteiger partial charge in [0.2, 0.25) is 15.9 Å². The highest BCUT2D eigenvalue weighted by molar-refractivity contribution is 7.89. The number of anilines is 1. The number of nitrogens with zero attached hydrogens (tertiary/aromatic N) is 2. The Morgan fingerprint density at radius 3 is 2.00 bits per heavy atom. The van der Waals surface area contributed by atoms with Gasteiger partial charge in [-0.15, -0.1) is 0 Å². The van der Waals surface area contributed by atoms with E-state index in [2.05, 4.69) is 0 Å². The fraction of sp³-hybridized carbons (Fsp3) is 0.462. The minimum Gasteiger partial charge on any atom is -0.399 e. The summed E-state index contributed by atoms with van der Waals surface area (Å²) in [6, 6.07) is 3.23. The minimum atomic E-state index is -3.72. The van der Waals surface area contributed by atoms with E-state index < -0.39 is 10.0 Å². The van der Waals surface area contributed by atoms with Crippen LogP contribution in [0.3, 0.4) is 0 Å². The van der Waals surface area contributed by atoms with Crippen LogP contribution in [-0.2, 0) is 14.8 Å². The number of carbonyl (C=O) groups is 1. The molecule has 2 N–H and O–H groups in total. The SMILES string of the molecule is Cc1cc(N)cc(C)c1S(=O)(=O)N(C)CC(=O)N(C)C. The van der Waals surface area contributed by atoms with E-state index >= 15 is 0 Å². The van der Waals surface area contributed by atoms with Crippen LogP contribution >= 0.6 is 0 Å². The van der Waals surface area contributed by atoms with E-state index in [1.54, 1.807) is 40.1 Å².